The average molecular weight is 475 g/mol. The second kappa shape index (κ2) is 10.4. The van der Waals surface area contributed by atoms with E-state index < -0.39 is 5.25 Å². The van der Waals surface area contributed by atoms with Crippen LogP contribution < -0.4 is 10.6 Å². The van der Waals surface area contributed by atoms with Gasteiger partial charge in [-0.3, -0.25) is 14.9 Å². The Labute approximate surface area is 200 Å². The van der Waals surface area contributed by atoms with Crippen molar-refractivity contribution in [3.63, 3.8) is 0 Å². The molecule has 166 valence electrons. The minimum atomic E-state index is -0.469. The van der Waals surface area contributed by atoms with Crippen molar-refractivity contribution in [2.45, 2.75) is 24.0 Å². The standard InChI is InChI=1S/C25H22N4O2S2/c1-16-7-6-10-19(15-16)23(30)26-20-11-13-21(14-12-20)33-22(18-8-4-3-5-9-18)24(31)27-25-29-28-17(2)32-25/h3-15,22H,1-2H3,(H,26,30)(H,27,29,31). The fraction of sp³-hybridized carbons (Fsp3) is 0.120. The van der Waals surface area contributed by atoms with Crippen molar-refractivity contribution in [2.75, 3.05) is 10.6 Å². The summed E-state index contributed by atoms with van der Waals surface area (Å²) in [5.41, 5.74) is 3.22. The number of nitrogens with one attached hydrogen (secondary N) is 2. The number of hydrogen-bond acceptors (Lipinski definition) is 6. The maximum atomic E-state index is 13.1. The number of benzene rings is 3. The molecular weight excluding hydrogens is 452 g/mol. The molecular formula is C25H22N4O2S2. The van der Waals surface area contributed by atoms with Crippen LogP contribution in [0.4, 0.5) is 10.8 Å². The molecule has 4 aromatic rings. The van der Waals surface area contributed by atoms with Gasteiger partial charge < -0.3 is 5.32 Å². The Kier molecular flexibility index (Phi) is 7.16. The predicted molar refractivity (Wildman–Crippen MR) is 134 cm³/mol. The van der Waals surface area contributed by atoms with Crippen LogP contribution in [0.1, 0.15) is 31.7 Å². The number of aryl methyl sites for hydroxylation is 2. The van der Waals surface area contributed by atoms with E-state index in [0.29, 0.717) is 16.4 Å². The van der Waals surface area contributed by atoms with Gasteiger partial charge in [-0.15, -0.1) is 22.0 Å². The first-order valence-corrected chi connectivity index (χ1v) is 12.0. The topological polar surface area (TPSA) is 84.0 Å². The van der Waals surface area contributed by atoms with Gasteiger partial charge >= 0.3 is 0 Å². The molecule has 0 bridgehead atoms. The normalized spacial score (nSPS) is 11.6. The molecule has 0 aliphatic carbocycles. The highest BCUT2D eigenvalue weighted by atomic mass is 32.2. The Hall–Kier alpha value is -3.49. The number of amides is 2. The summed E-state index contributed by atoms with van der Waals surface area (Å²) in [4.78, 5) is 26.5. The quantitative estimate of drug-likeness (QED) is 0.327. The zero-order valence-corrected chi connectivity index (χ0v) is 19.7. The van der Waals surface area contributed by atoms with Crippen molar-refractivity contribution in [3.8, 4) is 0 Å². The van der Waals surface area contributed by atoms with Gasteiger partial charge in [-0.2, -0.15) is 0 Å². The van der Waals surface area contributed by atoms with Crippen LogP contribution in [0.2, 0.25) is 0 Å². The Morgan fingerprint density at radius 3 is 2.30 bits per heavy atom. The fourth-order valence-corrected chi connectivity index (χ4v) is 4.78. The number of thioether (sulfide) groups is 1. The summed E-state index contributed by atoms with van der Waals surface area (Å²) < 4.78 is 0. The SMILES string of the molecule is Cc1cccc(C(=O)Nc2ccc(SC(C(=O)Nc3nnc(C)s3)c3ccccc3)cc2)c1. The molecule has 33 heavy (non-hydrogen) atoms. The highest BCUT2D eigenvalue weighted by Crippen LogP contribution is 2.37. The Bertz CT molecular complexity index is 1260. The lowest BCUT2D eigenvalue weighted by molar-refractivity contribution is -0.115. The molecule has 8 heteroatoms. The molecule has 2 amide bonds. The number of carbonyl (C=O) groups excluding carboxylic acids is 2. The molecule has 3 aromatic carbocycles. The van der Waals surface area contributed by atoms with Gasteiger partial charge in [0.2, 0.25) is 11.0 Å². The minimum absolute atomic E-state index is 0.159. The van der Waals surface area contributed by atoms with Gasteiger partial charge in [-0.05, 0) is 55.8 Å². The second-order valence-corrected chi connectivity index (χ2v) is 9.73. The van der Waals surface area contributed by atoms with E-state index in [-0.39, 0.29) is 11.8 Å². The van der Waals surface area contributed by atoms with E-state index >= 15 is 0 Å². The lowest BCUT2D eigenvalue weighted by Gasteiger charge is -2.16. The van der Waals surface area contributed by atoms with Crippen LogP contribution in [0, 0.1) is 13.8 Å². The molecule has 0 radical (unpaired) electrons. The summed E-state index contributed by atoms with van der Waals surface area (Å²) in [6.45, 7) is 3.80. The second-order valence-electron chi connectivity index (χ2n) is 7.37. The third-order valence-corrected chi connectivity index (χ3v) is 6.76. The molecule has 2 N–H and O–H groups in total. The molecule has 1 atom stereocenters. The zero-order chi connectivity index (χ0) is 23.2. The van der Waals surface area contributed by atoms with E-state index in [1.54, 1.807) is 6.07 Å². The Balaban J connectivity index is 1.48. The molecule has 1 heterocycles. The Morgan fingerprint density at radius 2 is 1.64 bits per heavy atom. The van der Waals surface area contributed by atoms with Crippen LogP contribution in [0.25, 0.3) is 0 Å². The lowest BCUT2D eigenvalue weighted by Crippen LogP contribution is -2.19. The summed E-state index contributed by atoms with van der Waals surface area (Å²) in [5, 5.41) is 14.5. The average Bonchev–Trinajstić information content (AvgIpc) is 3.23. The summed E-state index contributed by atoms with van der Waals surface area (Å²) in [6, 6.07) is 24.5. The van der Waals surface area contributed by atoms with E-state index in [2.05, 4.69) is 20.8 Å². The van der Waals surface area contributed by atoms with E-state index in [1.165, 1.54) is 23.1 Å². The van der Waals surface area contributed by atoms with Gasteiger partial charge in [0, 0.05) is 16.1 Å². The van der Waals surface area contributed by atoms with Gasteiger partial charge in [0.05, 0.1) is 0 Å². The van der Waals surface area contributed by atoms with Crippen LogP contribution in [0.3, 0.4) is 0 Å². The monoisotopic (exact) mass is 474 g/mol. The number of anilines is 2. The third kappa shape index (κ3) is 6.06. The first-order valence-electron chi connectivity index (χ1n) is 10.3. The first-order chi connectivity index (χ1) is 16.0. The van der Waals surface area contributed by atoms with Gasteiger partial charge in [-0.25, -0.2) is 0 Å². The van der Waals surface area contributed by atoms with Crippen LogP contribution in [-0.2, 0) is 4.79 Å². The summed E-state index contributed by atoms with van der Waals surface area (Å²) in [5.74, 6) is -0.327. The van der Waals surface area contributed by atoms with Crippen LogP contribution in [0.5, 0.6) is 0 Å². The molecule has 1 unspecified atom stereocenters. The van der Waals surface area contributed by atoms with Crippen molar-refractivity contribution < 1.29 is 9.59 Å². The maximum absolute atomic E-state index is 13.1. The van der Waals surface area contributed by atoms with Crippen LogP contribution in [0.15, 0.2) is 83.8 Å². The lowest BCUT2D eigenvalue weighted by atomic mass is 10.1. The van der Waals surface area contributed by atoms with Gasteiger partial charge in [0.1, 0.15) is 10.3 Å². The predicted octanol–water partition coefficient (Wildman–Crippen LogP) is 5.88. The maximum Gasteiger partial charge on any atom is 0.255 e. The molecule has 0 fully saturated rings. The van der Waals surface area contributed by atoms with Crippen molar-refractivity contribution in [3.05, 3.63) is 101 Å². The summed E-state index contributed by atoms with van der Waals surface area (Å²) in [7, 11) is 0. The molecule has 6 nitrogen and oxygen atoms in total. The first kappa shape index (κ1) is 22.7. The largest absolute Gasteiger partial charge is 0.322 e. The van der Waals surface area contributed by atoms with Crippen molar-refractivity contribution in [2.24, 2.45) is 0 Å². The van der Waals surface area contributed by atoms with Gasteiger partial charge in [0.15, 0.2) is 0 Å². The fourth-order valence-electron chi connectivity index (χ4n) is 3.16. The molecule has 0 aliphatic rings. The number of hydrogen-bond donors (Lipinski definition) is 2. The van der Waals surface area contributed by atoms with Crippen molar-refractivity contribution in [1.82, 2.24) is 10.2 Å². The molecule has 1 aromatic heterocycles. The van der Waals surface area contributed by atoms with Gasteiger partial charge in [-0.1, -0.05) is 59.4 Å². The molecule has 0 aliphatic heterocycles. The molecule has 0 saturated carbocycles. The summed E-state index contributed by atoms with van der Waals surface area (Å²) >= 11 is 2.77. The minimum Gasteiger partial charge on any atom is -0.322 e. The smallest absolute Gasteiger partial charge is 0.255 e. The number of aromatic nitrogens is 2. The highest BCUT2D eigenvalue weighted by Gasteiger charge is 2.23. The molecule has 0 saturated heterocycles. The van der Waals surface area contributed by atoms with E-state index in [0.717, 1.165) is 21.0 Å². The number of rotatable bonds is 7. The number of carbonyl (C=O) groups is 2. The Morgan fingerprint density at radius 1 is 0.879 bits per heavy atom. The van der Waals surface area contributed by atoms with E-state index in [1.807, 2.05) is 86.6 Å². The van der Waals surface area contributed by atoms with Gasteiger partial charge in [0.25, 0.3) is 5.91 Å². The van der Waals surface area contributed by atoms with Crippen LogP contribution >= 0.6 is 23.1 Å². The van der Waals surface area contributed by atoms with Crippen LogP contribution in [-0.4, -0.2) is 22.0 Å². The van der Waals surface area contributed by atoms with Crippen molar-refractivity contribution >= 4 is 45.7 Å². The third-order valence-electron chi connectivity index (χ3n) is 4.74. The van der Waals surface area contributed by atoms with E-state index in [9.17, 15) is 9.59 Å². The molecule has 4 rings (SSSR count). The number of nitrogens with zero attached hydrogens (tertiary/aromatic N) is 2. The zero-order valence-electron chi connectivity index (χ0n) is 18.1. The molecule has 0 spiro atoms. The van der Waals surface area contributed by atoms with E-state index in [4.69, 9.17) is 0 Å². The summed E-state index contributed by atoms with van der Waals surface area (Å²) in [6.07, 6.45) is 0. The highest BCUT2D eigenvalue weighted by molar-refractivity contribution is 8.00. The van der Waals surface area contributed by atoms with Crippen molar-refractivity contribution in [1.29, 1.82) is 0 Å².